The molecule has 0 aromatic heterocycles. The Morgan fingerprint density at radius 1 is 1.05 bits per heavy atom. The quantitative estimate of drug-likeness (QED) is 0.832. The van der Waals surface area contributed by atoms with Gasteiger partial charge in [0.25, 0.3) is 0 Å². The van der Waals surface area contributed by atoms with Crippen LogP contribution in [0, 0.1) is 0 Å². The third kappa shape index (κ3) is 2.10. The van der Waals surface area contributed by atoms with Crippen molar-refractivity contribution < 1.29 is 9.53 Å². The molecule has 2 aromatic rings. The van der Waals surface area contributed by atoms with Crippen molar-refractivity contribution in [1.82, 2.24) is 0 Å². The van der Waals surface area contributed by atoms with Gasteiger partial charge < -0.3 is 10.1 Å². The van der Waals surface area contributed by atoms with E-state index in [2.05, 4.69) is 5.32 Å². The standard InChI is InChI=1S/C16H13NO2/c1-19-12-8-6-11(7-9-12)10-15-16(18)13-4-2-3-5-14(13)17-15/h2-10,17H,1H3. The molecule has 1 N–H and O–H groups in total. The van der Waals surface area contributed by atoms with Gasteiger partial charge in [-0.2, -0.15) is 0 Å². The highest BCUT2D eigenvalue weighted by Crippen LogP contribution is 2.28. The van der Waals surface area contributed by atoms with E-state index in [-0.39, 0.29) is 5.78 Å². The van der Waals surface area contributed by atoms with Gasteiger partial charge in [-0.15, -0.1) is 0 Å². The van der Waals surface area contributed by atoms with Gasteiger partial charge in [0.2, 0.25) is 5.78 Å². The Balaban J connectivity index is 1.92. The van der Waals surface area contributed by atoms with Crippen molar-refractivity contribution >= 4 is 17.5 Å². The largest absolute Gasteiger partial charge is 0.497 e. The summed E-state index contributed by atoms with van der Waals surface area (Å²) in [5.74, 6) is 0.836. The maximum absolute atomic E-state index is 12.2. The highest BCUT2D eigenvalue weighted by molar-refractivity contribution is 6.20. The van der Waals surface area contributed by atoms with E-state index in [9.17, 15) is 4.79 Å². The molecule has 2 aromatic carbocycles. The summed E-state index contributed by atoms with van der Waals surface area (Å²) in [6, 6.07) is 15.1. The Morgan fingerprint density at radius 3 is 2.47 bits per heavy atom. The minimum Gasteiger partial charge on any atom is -0.497 e. The molecule has 0 bridgehead atoms. The Bertz CT molecular complexity index is 657. The Kier molecular flexibility index (Phi) is 2.80. The summed E-state index contributed by atoms with van der Waals surface area (Å²) in [7, 11) is 1.63. The van der Waals surface area contributed by atoms with Crippen LogP contribution in [0.2, 0.25) is 0 Å². The number of ketones is 1. The van der Waals surface area contributed by atoms with E-state index in [1.807, 2.05) is 54.6 Å². The van der Waals surface area contributed by atoms with Crippen LogP contribution in [0.3, 0.4) is 0 Å². The van der Waals surface area contributed by atoms with Crippen LogP contribution in [0.5, 0.6) is 5.75 Å². The second-order valence-electron chi connectivity index (χ2n) is 4.33. The van der Waals surface area contributed by atoms with Crippen molar-refractivity contribution in [3.63, 3.8) is 0 Å². The van der Waals surface area contributed by atoms with E-state index in [1.54, 1.807) is 7.11 Å². The molecule has 0 saturated carbocycles. The van der Waals surface area contributed by atoms with Gasteiger partial charge in [0.1, 0.15) is 5.75 Å². The SMILES string of the molecule is COc1ccc(C=C2Nc3ccccc3C2=O)cc1. The molecular weight excluding hydrogens is 238 g/mol. The van der Waals surface area contributed by atoms with Crippen molar-refractivity contribution in [3.05, 3.63) is 65.4 Å². The number of rotatable bonds is 2. The third-order valence-corrected chi connectivity index (χ3v) is 3.11. The van der Waals surface area contributed by atoms with Crippen molar-refractivity contribution in [1.29, 1.82) is 0 Å². The summed E-state index contributed by atoms with van der Waals surface area (Å²) in [6.07, 6.45) is 1.85. The molecule has 94 valence electrons. The first kappa shape index (κ1) is 11.5. The Labute approximate surface area is 111 Å². The zero-order valence-corrected chi connectivity index (χ0v) is 10.5. The number of hydrogen-bond donors (Lipinski definition) is 1. The highest BCUT2D eigenvalue weighted by atomic mass is 16.5. The lowest BCUT2D eigenvalue weighted by atomic mass is 10.1. The van der Waals surface area contributed by atoms with Crippen molar-refractivity contribution in [2.24, 2.45) is 0 Å². The Morgan fingerprint density at radius 2 is 1.79 bits per heavy atom. The second-order valence-corrected chi connectivity index (χ2v) is 4.33. The van der Waals surface area contributed by atoms with Crippen LogP contribution in [0.25, 0.3) is 6.08 Å². The maximum atomic E-state index is 12.2. The number of nitrogens with one attached hydrogen (secondary N) is 1. The number of hydrogen-bond acceptors (Lipinski definition) is 3. The Hall–Kier alpha value is -2.55. The average molecular weight is 251 g/mol. The molecule has 0 fully saturated rings. The van der Waals surface area contributed by atoms with E-state index in [0.717, 1.165) is 22.6 Å². The molecule has 1 aliphatic rings. The van der Waals surface area contributed by atoms with Crippen LogP contribution >= 0.6 is 0 Å². The molecule has 0 atom stereocenters. The number of methoxy groups -OCH3 is 1. The molecule has 1 heterocycles. The minimum absolute atomic E-state index is 0.0337. The van der Waals surface area contributed by atoms with Gasteiger partial charge in [0.15, 0.2) is 0 Å². The second kappa shape index (κ2) is 4.61. The average Bonchev–Trinajstić information content (AvgIpc) is 2.77. The predicted octanol–water partition coefficient (Wildman–Crippen LogP) is 3.34. The molecule has 3 nitrogen and oxygen atoms in total. The number of carbonyl (C=O) groups excluding carboxylic acids is 1. The zero-order chi connectivity index (χ0) is 13.2. The number of anilines is 1. The molecule has 0 aliphatic carbocycles. The monoisotopic (exact) mass is 251 g/mol. The van der Waals surface area contributed by atoms with Crippen LogP contribution in [0.4, 0.5) is 5.69 Å². The highest BCUT2D eigenvalue weighted by Gasteiger charge is 2.23. The lowest BCUT2D eigenvalue weighted by molar-refractivity contribution is 0.104. The van der Waals surface area contributed by atoms with Gasteiger partial charge >= 0.3 is 0 Å². The summed E-state index contributed by atoms with van der Waals surface area (Å²) in [5.41, 5.74) is 3.16. The van der Waals surface area contributed by atoms with E-state index in [4.69, 9.17) is 4.74 Å². The number of Topliss-reactive ketones (excluding diaryl/α,β-unsaturated/α-hetero) is 1. The van der Waals surface area contributed by atoms with Gasteiger partial charge in [0.05, 0.1) is 12.8 Å². The smallest absolute Gasteiger partial charge is 0.211 e. The summed E-state index contributed by atoms with van der Waals surface area (Å²) in [5, 5.41) is 3.14. The molecule has 0 amide bonds. The minimum atomic E-state index is 0.0337. The lowest BCUT2D eigenvalue weighted by Gasteiger charge is -2.01. The first-order valence-electron chi connectivity index (χ1n) is 6.04. The fourth-order valence-corrected chi connectivity index (χ4v) is 2.11. The van der Waals surface area contributed by atoms with E-state index >= 15 is 0 Å². The lowest BCUT2D eigenvalue weighted by Crippen LogP contribution is -1.99. The van der Waals surface area contributed by atoms with Crippen LogP contribution in [0.15, 0.2) is 54.2 Å². The topological polar surface area (TPSA) is 38.3 Å². The maximum Gasteiger partial charge on any atom is 0.211 e. The number of carbonyl (C=O) groups is 1. The first-order valence-corrected chi connectivity index (χ1v) is 6.04. The van der Waals surface area contributed by atoms with Gasteiger partial charge in [-0.1, -0.05) is 24.3 Å². The van der Waals surface area contributed by atoms with Gasteiger partial charge in [-0.25, -0.2) is 0 Å². The number of allylic oxidation sites excluding steroid dienone is 1. The summed E-state index contributed by atoms with van der Waals surface area (Å²) < 4.78 is 5.11. The van der Waals surface area contributed by atoms with Crippen LogP contribution < -0.4 is 10.1 Å². The molecule has 0 radical (unpaired) electrons. The molecular formula is C16H13NO2. The number of ether oxygens (including phenoxy) is 1. The van der Waals surface area contributed by atoms with Crippen molar-refractivity contribution in [3.8, 4) is 5.75 Å². The summed E-state index contributed by atoms with van der Waals surface area (Å²) in [6.45, 7) is 0. The fourth-order valence-electron chi connectivity index (χ4n) is 2.11. The molecule has 1 aliphatic heterocycles. The van der Waals surface area contributed by atoms with Gasteiger partial charge in [-0.3, -0.25) is 4.79 Å². The molecule has 3 rings (SSSR count). The van der Waals surface area contributed by atoms with Crippen LogP contribution in [-0.4, -0.2) is 12.9 Å². The summed E-state index contributed by atoms with van der Waals surface area (Å²) in [4.78, 5) is 12.2. The normalized spacial score (nSPS) is 15.2. The van der Waals surface area contributed by atoms with E-state index in [0.29, 0.717) is 5.70 Å². The zero-order valence-electron chi connectivity index (χ0n) is 10.5. The molecule has 19 heavy (non-hydrogen) atoms. The predicted molar refractivity (Wildman–Crippen MR) is 75.4 cm³/mol. The van der Waals surface area contributed by atoms with E-state index in [1.165, 1.54) is 0 Å². The summed E-state index contributed by atoms with van der Waals surface area (Å²) >= 11 is 0. The molecule has 0 saturated heterocycles. The first-order chi connectivity index (χ1) is 9.28. The molecule has 3 heteroatoms. The van der Waals surface area contributed by atoms with Crippen LogP contribution in [-0.2, 0) is 0 Å². The molecule has 0 spiro atoms. The number of fused-ring (bicyclic) bond motifs is 1. The number of benzene rings is 2. The fraction of sp³-hybridized carbons (Fsp3) is 0.0625. The van der Waals surface area contributed by atoms with Gasteiger partial charge in [-0.05, 0) is 35.9 Å². The number of para-hydroxylation sites is 1. The van der Waals surface area contributed by atoms with Crippen molar-refractivity contribution in [2.75, 3.05) is 12.4 Å². The third-order valence-electron chi connectivity index (χ3n) is 3.11. The van der Waals surface area contributed by atoms with Crippen molar-refractivity contribution in [2.45, 2.75) is 0 Å². The van der Waals surface area contributed by atoms with Gasteiger partial charge in [0, 0.05) is 11.3 Å². The molecule has 0 unspecified atom stereocenters. The van der Waals surface area contributed by atoms with Crippen LogP contribution in [0.1, 0.15) is 15.9 Å². The van der Waals surface area contributed by atoms with E-state index < -0.39 is 0 Å².